The minimum atomic E-state index is 0.352. The fourth-order valence-corrected chi connectivity index (χ4v) is 3.41. The van der Waals surface area contributed by atoms with Crippen LogP contribution in [0.25, 0.3) is 0 Å². The first-order valence-corrected chi connectivity index (χ1v) is 7.03. The van der Waals surface area contributed by atoms with Crippen LogP contribution in [0.3, 0.4) is 0 Å². The van der Waals surface area contributed by atoms with Gasteiger partial charge in [0, 0.05) is 37.3 Å². The zero-order chi connectivity index (χ0) is 11.8. The average molecular weight is 224 g/mol. The molecule has 0 aliphatic carbocycles. The van der Waals surface area contributed by atoms with E-state index < -0.39 is 0 Å². The molecule has 2 aliphatic rings. The van der Waals surface area contributed by atoms with Gasteiger partial charge in [0.05, 0.1) is 0 Å². The number of nitrogens with zero attached hydrogens (tertiary/aromatic N) is 2. The highest BCUT2D eigenvalue weighted by Crippen LogP contribution is 2.30. The molecule has 0 bridgehead atoms. The van der Waals surface area contributed by atoms with Gasteiger partial charge in [0.15, 0.2) is 0 Å². The van der Waals surface area contributed by atoms with E-state index in [1.54, 1.807) is 0 Å². The first-order chi connectivity index (χ1) is 7.52. The van der Waals surface area contributed by atoms with Crippen LogP contribution in [-0.4, -0.2) is 47.1 Å². The Balaban J connectivity index is 2.00. The topological polar surface area (TPSA) is 6.48 Å². The summed E-state index contributed by atoms with van der Waals surface area (Å²) in [5, 5.41) is 0. The summed E-state index contributed by atoms with van der Waals surface area (Å²) in [6, 6.07) is 1.72. The predicted octanol–water partition coefficient (Wildman–Crippen LogP) is 2.73. The van der Waals surface area contributed by atoms with E-state index in [-0.39, 0.29) is 0 Å². The minimum absolute atomic E-state index is 0.352. The largest absolute Gasteiger partial charge is 0.296 e. The first-order valence-electron chi connectivity index (χ1n) is 7.03. The Bertz CT molecular complexity index is 231. The molecule has 2 heterocycles. The molecule has 94 valence electrons. The summed E-state index contributed by atoms with van der Waals surface area (Å²) in [6.07, 6.45) is 5.63. The fraction of sp³-hybridized carbons (Fsp3) is 1.00. The predicted molar refractivity (Wildman–Crippen MR) is 69.8 cm³/mol. The van der Waals surface area contributed by atoms with E-state index in [9.17, 15) is 0 Å². The molecule has 2 rings (SSSR count). The third-order valence-corrected chi connectivity index (χ3v) is 4.49. The molecule has 0 aromatic rings. The number of hydrogen-bond acceptors (Lipinski definition) is 2. The molecule has 2 fully saturated rings. The summed E-state index contributed by atoms with van der Waals surface area (Å²) in [5.74, 6) is 0. The van der Waals surface area contributed by atoms with Gasteiger partial charge < -0.3 is 0 Å². The van der Waals surface area contributed by atoms with Crippen LogP contribution in [0, 0.1) is 0 Å². The van der Waals surface area contributed by atoms with Crippen LogP contribution in [-0.2, 0) is 0 Å². The SMILES string of the molecule is CCC1CCCC2CN(C(C)(C)C)CCN12. The maximum absolute atomic E-state index is 2.80. The molecule has 0 aromatic carbocycles. The molecule has 2 unspecified atom stereocenters. The van der Waals surface area contributed by atoms with Crippen molar-refractivity contribution in [2.45, 2.75) is 71.0 Å². The van der Waals surface area contributed by atoms with E-state index in [0.717, 1.165) is 12.1 Å². The van der Waals surface area contributed by atoms with Gasteiger partial charge in [0.25, 0.3) is 0 Å². The molecule has 0 spiro atoms. The molecular formula is C14H28N2. The van der Waals surface area contributed by atoms with Crippen LogP contribution in [0.5, 0.6) is 0 Å². The van der Waals surface area contributed by atoms with Crippen molar-refractivity contribution in [3.8, 4) is 0 Å². The van der Waals surface area contributed by atoms with Gasteiger partial charge in [-0.25, -0.2) is 0 Å². The molecule has 2 aliphatic heterocycles. The van der Waals surface area contributed by atoms with Crippen molar-refractivity contribution in [2.75, 3.05) is 19.6 Å². The molecule has 0 saturated carbocycles. The van der Waals surface area contributed by atoms with Gasteiger partial charge >= 0.3 is 0 Å². The van der Waals surface area contributed by atoms with Gasteiger partial charge in [-0.05, 0) is 40.0 Å². The molecule has 16 heavy (non-hydrogen) atoms. The average Bonchev–Trinajstić information content (AvgIpc) is 2.26. The fourth-order valence-electron chi connectivity index (χ4n) is 3.41. The molecule has 2 saturated heterocycles. The third kappa shape index (κ3) is 2.43. The Labute approximate surface area is 101 Å². The lowest BCUT2D eigenvalue weighted by Crippen LogP contribution is -2.61. The molecule has 2 nitrogen and oxygen atoms in total. The van der Waals surface area contributed by atoms with Crippen molar-refractivity contribution in [3.05, 3.63) is 0 Å². The van der Waals surface area contributed by atoms with Crippen LogP contribution in [0.4, 0.5) is 0 Å². The van der Waals surface area contributed by atoms with E-state index in [2.05, 4.69) is 37.5 Å². The normalized spacial score (nSPS) is 33.8. The second-order valence-corrected chi connectivity index (χ2v) is 6.50. The van der Waals surface area contributed by atoms with Gasteiger partial charge in [0.2, 0.25) is 0 Å². The van der Waals surface area contributed by atoms with Gasteiger partial charge in [-0.2, -0.15) is 0 Å². The summed E-state index contributed by atoms with van der Waals surface area (Å²) in [6.45, 7) is 13.2. The summed E-state index contributed by atoms with van der Waals surface area (Å²) in [7, 11) is 0. The summed E-state index contributed by atoms with van der Waals surface area (Å²) in [4.78, 5) is 5.47. The van der Waals surface area contributed by atoms with Gasteiger partial charge in [-0.3, -0.25) is 9.80 Å². The van der Waals surface area contributed by atoms with Crippen LogP contribution in [0.1, 0.15) is 53.4 Å². The van der Waals surface area contributed by atoms with Gasteiger partial charge in [-0.15, -0.1) is 0 Å². The standard InChI is InChI=1S/C14H28N2/c1-5-12-7-6-8-13-11-15(14(2,3)4)9-10-16(12)13/h12-13H,5-11H2,1-4H3. The smallest absolute Gasteiger partial charge is 0.0226 e. The zero-order valence-corrected chi connectivity index (χ0v) is 11.5. The minimum Gasteiger partial charge on any atom is -0.296 e. The van der Waals surface area contributed by atoms with Gasteiger partial charge in [0.1, 0.15) is 0 Å². The molecule has 2 heteroatoms. The highest BCUT2D eigenvalue weighted by Gasteiger charge is 2.36. The lowest BCUT2D eigenvalue weighted by Gasteiger charge is -2.51. The van der Waals surface area contributed by atoms with Crippen LogP contribution >= 0.6 is 0 Å². The van der Waals surface area contributed by atoms with Crippen LogP contribution in [0.15, 0.2) is 0 Å². The Morgan fingerprint density at radius 2 is 1.88 bits per heavy atom. The van der Waals surface area contributed by atoms with Gasteiger partial charge in [-0.1, -0.05) is 13.3 Å². The van der Waals surface area contributed by atoms with Crippen molar-refractivity contribution in [3.63, 3.8) is 0 Å². The molecule has 0 N–H and O–H groups in total. The molecular weight excluding hydrogens is 196 g/mol. The Kier molecular flexibility index (Phi) is 3.60. The molecule has 0 aromatic heterocycles. The van der Waals surface area contributed by atoms with Crippen LogP contribution < -0.4 is 0 Å². The monoisotopic (exact) mass is 224 g/mol. The lowest BCUT2D eigenvalue weighted by atomic mass is 9.90. The second kappa shape index (κ2) is 4.66. The second-order valence-electron chi connectivity index (χ2n) is 6.50. The van der Waals surface area contributed by atoms with E-state index in [0.29, 0.717) is 5.54 Å². The lowest BCUT2D eigenvalue weighted by molar-refractivity contribution is -0.0228. The zero-order valence-electron chi connectivity index (χ0n) is 11.5. The summed E-state index contributed by atoms with van der Waals surface area (Å²) >= 11 is 0. The summed E-state index contributed by atoms with van der Waals surface area (Å²) in [5.41, 5.74) is 0.352. The van der Waals surface area contributed by atoms with Crippen molar-refractivity contribution in [1.29, 1.82) is 0 Å². The molecule has 2 atom stereocenters. The maximum Gasteiger partial charge on any atom is 0.0226 e. The first kappa shape index (κ1) is 12.4. The Hall–Kier alpha value is -0.0800. The van der Waals surface area contributed by atoms with Crippen LogP contribution in [0.2, 0.25) is 0 Å². The number of piperidine rings is 1. The number of rotatable bonds is 1. The maximum atomic E-state index is 2.80. The molecule has 0 amide bonds. The van der Waals surface area contributed by atoms with E-state index in [1.165, 1.54) is 45.3 Å². The van der Waals surface area contributed by atoms with Crippen molar-refractivity contribution >= 4 is 0 Å². The van der Waals surface area contributed by atoms with Crippen molar-refractivity contribution in [1.82, 2.24) is 9.80 Å². The highest BCUT2D eigenvalue weighted by molar-refractivity contribution is 4.93. The third-order valence-electron chi connectivity index (χ3n) is 4.49. The van der Waals surface area contributed by atoms with Crippen molar-refractivity contribution < 1.29 is 0 Å². The number of piperazine rings is 1. The number of fused-ring (bicyclic) bond motifs is 1. The summed E-state index contributed by atoms with van der Waals surface area (Å²) < 4.78 is 0. The van der Waals surface area contributed by atoms with E-state index >= 15 is 0 Å². The molecule has 0 radical (unpaired) electrons. The highest BCUT2D eigenvalue weighted by atomic mass is 15.3. The number of hydrogen-bond donors (Lipinski definition) is 0. The van der Waals surface area contributed by atoms with E-state index in [4.69, 9.17) is 0 Å². The Morgan fingerprint density at radius 1 is 1.12 bits per heavy atom. The Morgan fingerprint density at radius 3 is 2.50 bits per heavy atom. The van der Waals surface area contributed by atoms with E-state index in [1.807, 2.05) is 0 Å². The van der Waals surface area contributed by atoms with Crippen molar-refractivity contribution in [2.24, 2.45) is 0 Å². The quantitative estimate of drug-likeness (QED) is 0.676.